The first kappa shape index (κ1) is 42.2. The topological polar surface area (TPSA) is 6.48 Å². The summed E-state index contributed by atoms with van der Waals surface area (Å²) in [6.07, 6.45) is 10.0. The van der Waals surface area contributed by atoms with Crippen molar-refractivity contribution in [3.8, 4) is 22.3 Å². The molecular formula is C66H60N2. The van der Waals surface area contributed by atoms with Crippen molar-refractivity contribution >= 4 is 66.4 Å². The Kier molecular flexibility index (Phi) is 10.9. The van der Waals surface area contributed by atoms with Crippen LogP contribution in [0.5, 0.6) is 0 Å². The van der Waals surface area contributed by atoms with E-state index in [-0.39, 0.29) is 0 Å². The van der Waals surface area contributed by atoms with Gasteiger partial charge >= 0.3 is 0 Å². The van der Waals surface area contributed by atoms with E-state index in [1.54, 1.807) is 0 Å². The van der Waals surface area contributed by atoms with Crippen LogP contribution in [0.4, 0.5) is 34.1 Å². The molecule has 0 N–H and O–H groups in total. The first-order chi connectivity index (χ1) is 33.4. The summed E-state index contributed by atoms with van der Waals surface area (Å²) in [5.74, 6) is 1.02. The molecule has 2 saturated carbocycles. The van der Waals surface area contributed by atoms with Gasteiger partial charge in [-0.05, 0) is 191 Å². The summed E-state index contributed by atoms with van der Waals surface area (Å²) >= 11 is 0. The van der Waals surface area contributed by atoms with Crippen molar-refractivity contribution in [3.63, 3.8) is 0 Å². The van der Waals surface area contributed by atoms with Gasteiger partial charge in [-0.2, -0.15) is 0 Å². The highest BCUT2D eigenvalue weighted by Crippen LogP contribution is 2.54. The van der Waals surface area contributed by atoms with E-state index in [9.17, 15) is 0 Å². The zero-order valence-corrected chi connectivity index (χ0v) is 40.0. The van der Waals surface area contributed by atoms with Gasteiger partial charge in [-0.3, -0.25) is 0 Å². The van der Waals surface area contributed by atoms with Gasteiger partial charge in [-0.1, -0.05) is 159 Å². The Hall–Kier alpha value is -7.16. The number of nitrogens with zero attached hydrogens (tertiary/aromatic N) is 2. The molecule has 0 bridgehead atoms. The van der Waals surface area contributed by atoms with Crippen LogP contribution in [0.3, 0.4) is 0 Å². The Morgan fingerprint density at radius 1 is 0.338 bits per heavy atom. The van der Waals surface area contributed by atoms with E-state index >= 15 is 0 Å². The number of rotatable bonds is 10. The number of anilines is 6. The van der Waals surface area contributed by atoms with Gasteiger partial charge in [0.05, 0.1) is 11.4 Å². The third kappa shape index (κ3) is 7.24. The molecule has 2 nitrogen and oxygen atoms in total. The minimum atomic E-state index is 0.510. The summed E-state index contributed by atoms with van der Waals surface area (Å²) in [6, 6.07) is 69.2. The zero-order chi connectivity index (χ0) is 45.9. The highest BCUT2D eigenvalue weighted by atomic mass is 15.2. The lowest BCUT2D eigenvalue weighted by Gasteiger charge is -2.33. The largest absolute Gasteiger partial charge is 0.310 e. The molecule has 0 spiro atoms. The average Bonchev–Trinajstić information content (AvgIpc) is 4.12. The normalized spacial score (nSPS) is 14.5. The number of aryl methyl sites for hydroxylation is 2. The summed E-state index contributed by atoms with van der Waals surface area (Å²) in [5, 5.41) is 8.29. The van der Waals surface area contributed by atoms with E-state index in [0.717, 1.165) is 0 Å². The molecule has 10 aromatic rings. The molecule has 0 unspecified atom stereocenters. The molecular weight excluding hydrogens is 821 g/mol. The molecule has 2 fully saturated rings. The fourth-order valence-electron chi connectivity index (χ4n) is 12.5. The predicted octanol–water partition coefficient (Wildman–Crippen LogP) is 19.4. The van der Waals surface area contributed by atoms with Gasteiger partial charge in [0.1, 0.15) is 0 Å². The minimum Gasteiger partial charge on any atom is -0.310 e. The fraction of sp³-hybridized carbons (Fsp3) is 0.212. The van der Waals surface area contributed by atoms with Gasteiger partial charge in [0, 0.05) is 33.5 Å². The van der Waals surface area contributed by atoms with Crippen molar-refractivity contribution in [3.05, 3.63) is 215 Å². The molecule has 0 atom stereocenters. The lowest BCUT2D eigenvalue weighted by atomic mass is 9.82. The smallest absolute Gasteiger partial charge is 0.0543 e. The lowest BCUT2D eigenvalue weighted by Crippen LogP contribution is -2.15. The van der Waals surface area contributed by atoms with Crippen molar-refractivity contribution in [2.24, 2.45) is 0 Å². The van der Waals surface area contributed by atoms with E-state index in [0.29, 0.717) is 11.8 Å². The Morgan fingerprint density at radius 3 is 1.12 bits per heavy atom. The Labute approximate surface area is 402 Å². The molecule has 12 rings (SSSR count). The van der Waals surface area contributed by atoms with Gasteiger partial charge in [0.25, 0.3) is 0 Å². The predicted molar refractivity (Wildman–Crippen MR) is 292 cm³/mol. The molecule has 0 saturated heterocycles. The second kappa shape index (κ2) is 17.5. The van der Waals surface area contributed by atoms with Crippen molar-refractivity contribution in [1.82, 2.24) is 0 Å². The highest BCUT2D eigenvalue weighted by molar-refractivity contribution is 6.29. The molecule has 334 valence electrons. The van der Waals surface area contributed by atoms with Crippen LogP contribution in [0.1, 0.15) is 96.6 Å². The van der Waals surface area contributed by atoms with Crippen LogP contribution in [0.15, 0.2) is 182 Å². The van der Waals surface area contributed by atoms with Gasteiger partial charge in [0.15, 0.2) is 0 Å². The molecule has 0 radical (unpaired) electrons. The van der Waals surface area contributed by atoms with Crippen LogP contribution < -0.4 is 9.80 Å². The number of benzene rings is 10. The Balaban J connectivity index is 1.20. The highest BCUT2D eigenvalue weighted by Gasteiger charge is 2.31. The van der Waals surface area contributed by atoms with Crippen LogP contribution in [0.25, 0.3) is 54.6 Å². The average molecular weight is 881 g/mol. The van der Waals surface area contributed by atoms with E-state index in [1.165, 1.54) is 173 Å². The minimum absolute atomic E-state index is 0.510. The second-order valence-electron chi connectivity index (χ2n) is 20.0. The molecule has 68 heavy (non-hydrogen) atoms. The molecule has 0 heterocycles. The number of hydrogen-bond acceptors (Lipinski definition) is 2. The lowest BCUT2D eigenvalue weighted by molar-refractivity contribution is 0.729. The first-order valence-electron chi connectivity index (χ1n) is 25.2. The fourth-order valence-corrected chi connectivity index (χ4v) is 12.5. The zero-order valence-electron chi connectivity index (χ0n) is 40.0. The molecule has 0 aliphatic heterocycles. The van der Waals surface area contributed by atoms with Crippen molar-refractivity contribution < 1.29 is 0 Å². The van der Waals surface area contributed by atoms with Crippen LogP contribution in [-0.4, -0.2) is 0 Å². The molecule has 0 amide bonds. The van der Waals surface area contributed by atoms with E-state index in [4.69, 9.17) is 0 Å². The van der Waals surface area contributed by atoms with E-state index < -0.39 is 0 Å². The Bertz CT molecular complexity index is 3230. The van der Waals surface area contributed by atoms with Crippen molar-refractivity contribution in [2.75, 3.05) is 9.80 Å². The van der Waals surface area contributed by atoms with Crippen LogP contribution in [0, 0.1) is 27.7 Å². The summed E-state index contributed by atoms with van der Waals surface area (Å²) < 4.78 is 0. The van der Waals surface area contributed by atoms with Crippen LogP contribution >= 0.6 is 0 Å². The first-order valence-corrected chi connectivity index (χ1v) is 25.2. The molecule has 2 heteroatoms. The van der Waals surface area contributed by atoms with Crippen LogP contribution in [0.2, 0.25) is 0 Å². The maximum atomic E-state index is 2.62. The summed E-state index contributed by atoms with van der Waals surface area (Å²) in [5.41, 5.74) is 20.5. The van der Waals surface area contributed by atoms with Crippen molar-refractivity contribution in [2.45, 2.75) is 90.9 Å². The standard InChI is InChI=1S/C66H60N2/c1-43-19-15-29-51(39-43)67(61-33-17-31-53(45(61)3)47-21-7-5-8-22-47)63-41-59(49-25-11-12-26-49)55-36-38-58-64(42-60(50-27-13-14-28-50)56-35-37-57(63)65(55)66(56)58)68(52-30-16-20-44(2)40-52)62-34-18-32-54(46(62)4)48-23-9-6-10-24-48/h5-10,15-24,29-42,49-50H,11-14,25-28H2,1-4H3. The maximum Gasteiger partial charge on any atom is 0.0543 e. The summed E-state index contributed by atoms with van der Waals surface area (Å²) in [4.78, 5) is 5.21. The van der Waals surface area contributed by atoms with E-state index in [2.05, 4.69) is 219 Å². The SMILES string of the molecule is Cc1cccc(N(c2cccc(-c3ccccc3)c2C)c2cc(C3CCCC3)c3ccc4c(N(c5cccc(C)c5)c5cccc(-c6ccccc6)c5C)cc(C5CCCC5)c5ccc2c3c54)c1. The third-order valence-electron chi connectivity index (χ3n) is 15.8. The van der Waals surface area contributed by atoms with E-state index in [1.807, 2.05) is 0 Å². The van der Waals surface area contributed by atoms with Gasteiger partial charge in [-0.15, -0.1) is 0 Å². The molecule has 0 aromatic heterocycles. The summed E-state index contributed by atoms with van der Waals surface area (Å²) in [6.45, 7) is 9.10. The molecule has 2 aliphatic carbocycles. The van der Waals surface area contributed by atoms with Gasteiger partial charge in [-0.25, -0.2) is 0 Å². The Morgan fingerprint density at radius 2 is 0.721 bits per heavy atom. The molecule has 2 aliphatic rings. The monoisotopic (exact) mass is 880 g/mol. The van der Waals surface area contributed by atoms with Crippen LogP contribution in [-0.2, 0) is 0 Å². The quantitative estimate of drug-likeness (QED) is 0.126. The molecule has 10 aromatic carbocycles. The second-order valence-corrected chi connectivity index (χ2v) is 20.0. The van der Waals surface area contributed by atoms with Crippen molar-refractivity contribution in [1.29, 1.82) is 0 Å². The maximum absolute atomic E-state index is 2.62. The third-order valence-corrected chi connectivity index (χ3v) is 15.8. The van der Waals surface area contributed by atoms with Gasteiger partial charge < -0.3 is 9.80 Å². The number of hydrogen-bond donors (Lipinski definition) is 0. The van der Waals surface area contributed by atoms with Gasteiger partial charge in [0.2, 0.25) is 0 Å². The summed E-state index contributed by atoms with van der Waals surface area (Å²) in [7, 11) is 0.